The lowest BCUT2D eigenvalue weighted by molar-refractivity contribution is -0.727. The molecule has 0 saturated carbocycles. The second kappa shape index (κ2) is 20.8. The molecule has 2 nitrogen and oxygen atoms in total. The smallest absolute Gasteiger partial charge is 0.247 e. The lowest BCUT2D eigenvalue weighted by Gasteiger charge is -2.17. The van der Waals surface area contributed by atoms with E-state index < -0.39 is 0 Å². The standard InChI is InChI=1S/C30H58N2/c1-5-8-11-13-14-15-16-17-18-20-22-25-29(24-10-7-3)30-31-26-27-32(30)28(4)23-21-19-12-9-6-2/h26-29H,5-25H2,1-4H3/p+1. The minimum absolute atomic E-state index is 0.624. The van der Waals surface area contributed by atoms with Gasteiger partial charge in [-0.05, 0) is 32.6 Å². The van der Waals surface area contributed by atoms with E-state index in [-0.39, 0.29) is 0 Å². The van der Waals surface area contributed by atoms with Gasteiger partial charge in [0.05, 0.1) is 12.0 Å². The molecule has 0 fully saturated rings. The molecule has 32 heavy (non-hydrogen) atoms. The van der Waals surface area contributed by atoms with Gasteiger partial charge in [0.15, 0.2) is 0 Å². The minimum atomic E-state index is 0.624. The molecular formula is C30H59N2+. The molecular weight excluding hydrogens is 388 g/mol. The molecule has 0 aromatic carbocycles. The molecule has 2 unspecified atom stereocenters. The minimum Gasteiger partial charge on any atom is -0.247 e. The van der Waals surface area contributed by atoms with Crippen LogP contribution in [0.25, 0.3) is 0 Å². The number of aromatic nitrogens is 2. The van der Waals surface area contributed by atoms with Gasteiger partial charge < -0.3 is 0 Å². The van der Waals surface area contributed by atoms with Crippen LogP contribution in [0.1, 0.15) is 180 Å². The fourth-order valence-electron chi connectivity index (χ4n) is 5.18. The normalized spacial score (nSPS) is 13.5. The fourth-order valence-corrected chi connectivity index (χ4v) is 5.18. The van der Waals surface area contributed by atoms with E-state index in [4.69, 9.17) is 0 Å². The Morgan fingerprint density at radius 2 is 1.03 bits per heavy atom. The molecule has 0 spiro atoms. The molecule has 1 rings (SSSR count). The van der Waals surface area contributed by atoms with Crippen LogP contribution in [0, 0.1) is 0 Å². The van der Waals surface area contributed by atoms with Crippen LogP contribution in [0.3, 0.4) is 0 Å². The predicted molar refractivity (Wildman–Crippen MR) is 142 cm³/mol. The predicted octanol–water partition coefficient (Wildman–Crippen LogP) is 10.2. The number of aromatic amines is 1. The van der Waals surface area contributed by atoms with Crippen LogP contribution >= 0.6 is 0 Å². The largest absolute Gasteiger partial charge is 0.257 e. The third-order valence-electron chi connectivity index (χ3n) is 7.39. The number of rotatable bonds is 23. The number of unbranched alkanes of at least 4 members (excludes halogenated alkanes) is 15. The van der Waals surface area contributed by atoms with Crippen LogP contribution in [0.5, 0.6) is 0 Å². The lowest BCUT2D eigenvalue weighted by atomic mass is 9.93. The molecule has 2 heteroatoms. The lowest BCUT2D eigenvalue weighted by Crippen LogP contribution is -2.41. The molecule has 0 saturated heterocycles. The quantitative estimate of drug-likeness (QED) is 0.127. The van der Waals surface area contributed by atoms with E-state index in [0.717, 1.165) is 0 Å². The number of H-pyrrole nitrogens is 1. The molecule has 0 aliphatic carbocycles. The number of nitrogens with zero attached hydrogens (tertiary/aromatic N) is 1. The second-order valence-electron chi connectivity index (χ2n) is 10.5. The molecule has 2 atom stereocenters. The Kier molecular flexibility index (Phi) is 19.0. The Labute approximate surface area is 202 Å². The third kappa shape index (κ3) is 13.7. The van der Waals surface area contributed by atoms with Crippen LogP contribution in [0.2, 0.25) is 0 Å². The summed E-state index contributed by atoms with van der Waals surface area (Å²) in [5.74, 6) is 2.22. The second-order valence-corrected chi connectivity index (χ2v) is 10.5. The highest BCUT2D eigenvalue weighted by Gasteiger charge is 2.25. The van der Waals surface area contributed by atoms with Crippen molar-refractivity contribution < 1.29 is 4.57 Å². The van der Waals surface area contributed by atoms with E-state index >= 15 is 0 Å². The van der Waals surface area contributed by atoms with Crippen molar-refractivity contribution in [1.82, 2.24) is 4.98 Å². The fraction of sp³-hybridized carbons (Fsp3) is 0.900. The van der Waals surface area contributed by atoms with Gasteiger partial charge in [-0.2, -0.15) is 0 Å². The number of hydrogen-bond donors (Lipinski definition) is 1. The van der Waals surface area contributed by atoms with Crippen LogP contribution in [0.15, 0.2) is 12.4 Å². The highest BCUT2D eigenvalue weighted by atomic mass is 15.1. The van der Waals surface area contributed by atoms with E-state index in [1.807, 2.05) is 0 Å². The van der Waals surface area contributed by atoms with Crippen LogP contribution < -0.4 is 4.57 Å². The summed E-state index contributed by atoms with van der Waals surface area (Å²) >= 11 is 0. The van der Waals surface area contributed by atoms with Crippen LogP contribution in [-0.4, -0.2) is 4.98 Å². The van der Waals surface area contributed by atoms with Crippen molar-refractivity contribution >= 4 is 0 Å². The van der Waals surface area contributed by atoms with Crippen molar-refractivity contribution in [3.8, 4) is 0 Å². The van der Waals surface area contributed by atoms with E-state index in [2.05, 4.69) is 49.6 Å². The van der Waals surface area contributed by atoms with Crippen molar-refractivity contribution in [2.75, 3.05) is 0 Å². The molecule has 1 heterocycles. The van der Waals surface area contributed by atoms with Gasteiger partial charge in [0.1, 0.15) is 12.4 Å². The van der Waals surface area contributed by atoms with Gasteiger partial charge >= 0.3 is 0 Å². The molecule has 1 aromatic heterocycles. The maximum Gasteiger partial charge on any atom is 0.257 e. The summed E-state index contributed by atoms with van der Waals surface area (Å²) < 4.78 is 2.58. The first kappa shape index (κ1) is 29.2. The molecule has 0 radical (unpaired) electrons. The summed E-state index contributed by atoms with van der Waals surface area (Å²) in [6.07, 6.45) is 33.9. The average Bonchev–Trinajstić information content (AvgIpc) is 3.29. The van der Waals surface area contributed by atoms with Gasteiger partial charge in [-0.15, -0.1) is 0 Å². The van der Waals surface area contributed by atoms with Gasteiger partial charge in [0, 0.05) is 0 Å². The first-order valence-electron chi connectivity index (χ1n) is 14.8. The molecule has 1 N–H and O–H groups in total. The Morgan fingerprint density at radius 3 is 1.56 bits per heavy atom. The van der Waals surface area contributed by atoms with E-state index in [1.165, 1.54) is 141 Å². The zero-order valence-electron chi connectivity index (χ0n) is 22.6. The Morgan fingerprint density at radius 1 is 0.594 bits per heavy atom. The number of imidazole rings is 1. The zero-order valence-corrected chi connectivity index (χ0v) is 22.6. The summed E-state index contributed by atoms with van der Waals surface area (Å²) in [6.45, 7) is 9.37. The van der Waals surface area contributed by atoms with Crippen molar-refractivity contribution in [3.05, 3.63) is 18.2 Å². The molecule has 1 aromatic rings. The topological polar surface area (TPSA) is 19.7 Å². The zero-order chi connectivity index (χ0) is 23.3. The summed E-state index contributed by atoms with van der Waals surface area (Å²) in [5, 5.41) is 0. The first-order valence-corrected chi connectivity index (χ1v) is 14.8. The van der Waals surface area contributed by atoms with Gasteiger partial charge in [-0.3, -0.25) is 0 Å². The number of nitrogens with one attached hydrogen (secondary N) is 1. The summed E-state index contributed by atoms with van der Waals surface area (Å²) in [6, 6.07) is 0.624. The number of hydrogen-bond acceptors (Lipinski definition) is 0. The average molecular weight is 448 g/mol. The van der Waals surface area contributed by atoms with E-state index in [0.29, 0.717) is 12.0 Å². The SMILES string of the molecule is CCCCCCCCCCCCCC(CCCC)c1[nH]cc[n+]1C(C)CCCCCCC. The van der Waals surface area contributed by atoms with Gasteiger partial charge in [0.25, 0.3) is 5.82 Å². The molecule has 0 amide bonds. The van der Waals surface area contributed by atoms with Crippen LogP contribution in [-0.2, 0) is 0 Å². The monoisotopic (exact) mass is 447 g/mol. The van der Waals surface area contributed by atoms with Gasteiger partial charge in [-0.1, -0.05) is 130 Å². The highest BCUT2D eigenvalue weighted by Crippen LogP contribution is 2.26. The third-order valence-corrected chi connectivity index (χ3v) is 7.39. The van der Waals surface area contributed by atoms with E-state index in [1.54, 1.807) is 0 Å². The first-order chi connectivity index (χ1) is 15.7. The summed E-state index contributed by atoms with van der Waals surface area (Å²) in [5.41, 5.74) is 0. The maximum atomic E-state index is 3.66. The van der Waals surface area contributed by atoms with Gasteiger partial charge in [0.2, 0.25) is 0 Å². The van der Waals surface area contributed by atoms with Crippen LogP contribution in [0.4, 0.5) is 0 Å². The molecule has 0 aliphatic rings. The van der Waals surface area contributed by atoms with Crippen molar-refractivity contribution in [1.29, 1.82) is 0 Å². The highest BCUT2D eigenvalue weighted by molar-refractivity contribution is 4.90. The Hall–Kier alpha value is -0.790. The maximum absolute atomic E-state index is 3.66. The van der Waals surface area contributed by atoms with Crippen molar-refractivity contribution in [2.45, 2.75) is 174 Å². The molecule has 188 valence electrons. The van der Waals surface area contributed by atoms with Gasteiger partial charge in [-0.25, -0.2) is 9.55 Å². The van der Waals surface area contributed by atoms with E-state index in [9.17, 15) is 0 Å². The van der Waals surface area contributed by atoms with Crippen molar-refractivity contribution in [3.63, 3.8) is 0 Å². The Bertz CT molecular complexity index is 507. The Balaban J connectivity index is 2.34. The molecule has 0 bridgehead atoms. The van der Waals surface area contributed by atoms with Crippen molar-refractivity contribution in [2.24, 2.45) is 0 Å². The molecule has 0 aliphatic heterocycles. The summed E-state index contributed by atoms with van der Waals surface area (Å²) in [4.78, 5) is 3.66. The summed E-state index contributed by atoms with van der Waals surface area (Å²) in [7, 11) is 0.